The van der Waals surface area contributed by atoms with E-state index < -0.39 is 17.4 Å². The molecule has 0 radical (unpaired) electrons. The van der Waals surface area contributed by atoms with Gasteiger partial charge in [-0.1, -0.05) is 11.6 Å². The van der Waals surface area contributed by atoms with Gasteiger partial charge < -0.3 is 9.84 Å². The predicted octanol–water partition coefficient (Wildman–Crippen LogP) is 1.15. The van der Waals surface area contributed by atoms with Gasteiger partial charge in [-0.2, -0.15) is 0 Å². The summed E-state index contributed by atoms with van der Waals surface area (Å²) in [5, 5.41) is 8.59. The minimum atomic E-state index is -0.949. The molecule has 0 atom stereocenters. The first-order chi connectivity index (χ1) is 6.02. The number of carboxylic acids is 1. The van der Waals surface area contributed by atoms with Gasteiger partial charge in [-0.15, -0.1) is 0 Å². The highest BCUT2D eigenvalue weighted by atomic mass is 35.5. The smallest absolute Gasteiger partial charge is 0.349 e. The van der Waals surface area contributed by atoms with Crippen LogP contribution >= 0.6 is 11.6 Å². The molecule has 0 unspecified atom stereocenters. The Bertz CT molecular complexity index is 278. The van der Waals surface area contributed by atoms with E-state index in [-0.39, 0.29) is 5.03 Å². The van der Waals surface area contributed by atoms with E-state index in [0.717, 1.165) is 0 Å². The van der Waals surface area contributed by atoms with E-state index in [2.05, 4.69) is 4.74 Å². The maximum Gasteiger partial charge on any atom is 0.349 e. The van der Waals surface area contributed by atoms with Crippen molar-refractivity contribution in [1.82, 2.24) is 0 Å². The van der Waals surface area contributed by atoms with Crippen LogP contribution in [0.4, 0.5) is 0 Å². The number of carbonyl (C=O) groups excluding carboxylic acids is 1. The minimum absolute atomic E-state index is 0.164. The Kier molecular flexibility index (Phi) is 2.61. The zero-order chi connectivity index (χ0) is 10.1. The molecular weight excluding hydrogens is 196 g/mol. The normalized spacial score (nSPS) is 19.4. The molecule has 1 N–H and O–H groups in total. The Hall–Kier alpha value is -1.03. The Labute approximate surface area is 80.1 Å². The first-order valence-corrected chi connectivity index (χ1v) is 4.10. The van der Waals surface area contributed by atoms with Crippen molar-refractivity contribution in [2.75, 3.05) is 7.11 Å². The highest BCUT2D eigenvalue weighted by Crippen LogP contribution is 2.48. The molecule has 5 heteroatoms. The molecule has 1 rings (SSSR count). The second-order valence-electron chi connectivity index (χ2n) is 2.95. The summed E-state index contributed by atoms with van der Waals surface area (Å²) in [4.78, 5) is 21.5. The lowest BCUT2D eigenvalue weighted by Gasteiger charge is -2.03. The third-order valence-electron chi connectivity index (χ3n) is 2.00. The van der Waals surface area contributed by atoms with Gasteiger partial charge in [0.05, 0.1) is 12.5 Å². The van der Waals surface area contributed by atoms with Crippen molar-refractivity contribution in [3.05, 3.63) is 11.1 Å². The van der Waals surface area contributed by atoms with E-state index in [1.165, 1.54) is 13.2 Å². The van der Waals surface area contributed by atoms with E-state index in [4.69, 9.17) is 16.7 Å². The van der Waals surface area contributed by atoms with Crippen LogP contribution in [0, 0.1) is 5.41 Å². The van der Waals surface area contributed by atoms with Crippen LogP contribution in [-0.4, -0.2) is 24.2 Å². The number of carbonyl (C=O) groups is 2. The fourth-order valence-corrected chi connectivity index (χ4v) is 1.24. The van der Waals surface area contributed by atoms with Crippen LogP contribution < -0.4 is 0 Å². The summed E-state index contributed by atoms with van der Waals surface area (Å²) in [6.07, 6.45) is 2.30. The molecule has 0 amide bonds. The summed E-state index contributed by atoms with van der Waals surface area (Å²) < 4.78 is 4.33. The quantitative estimate of drug-likeness (QED) is 0.553. The Morgan fingerprint density at radius 1 is 1.54 bits per heavy atom. The van der Waals surface area contributed by atoms with Crippen LogP contribution in [0.3, 0.4) is 0 Å². The maximum absolute atomic E-state index is 10.8. The second-order valence-corrected chi connectivity index (χ2v) is 3.35. The monoisotopic (exact) mass is 204 g/mol. The third-order valence-corrected chi connectivity index (χ3v) is 2.26. The summed E-state index contributed by atoms with van der Waals surface area (Å²) in [5.41, 5.74) is -0.925. The molecular formula is C8H9ClO4. The van der Waals surface area contributed by atoms with Crippen molar-refractivity contribution >= 4 is 23.5 Å². The standard InChI is InChI=1S/C8H9ClO4/c1-13-6(10)5(9)4-8(2-3-8)7(11)12/h4H,2-3H2,1H3,(H,11,12)/b5-4+. The molecule has 0 aromatic heterocycles. The van der Waals surface area contributed by atoms with E-state index in [9.17, 15) is 9.59 Å². The molecule has 0 spiro atoms. The maximum atomic E-state index is 10.8. The minimum Gasteiger partial charge on any atom is -0.481 e. The number of hydrogen-bond acceptors (Lipinski definition) is 3. The van der Waals surface area contributed by atoms with Gasteiger partial charge in [0.15, 0.2) is 0 Å². The molecule has 13 heavy (non-hydrogen) atoms. The molecule has 0 aromatic rings. The average Bonchev–Trinajstić information content (AvgIpc) is 2.84. The van der Waals surface area contributed by atoms with Gasteiger partial charge >= 0.3 is 11.9 Å². The molecule has 0 aliphatic heterocycles. The van der Waals surface area contributed by atoms with E-state index in [0.29, 0.717) is 12.8 Å². The predicted molar refractivity (Wildman–Crippen MR) is 45.3 cm³/mol. The fourth-order valence-electron chi connectivity index (χ4n) is 0.954. The fraction of sp³-hybridized carbons (Fsp3) is 0.500. The lowest BCUT2D eigenvalue weighted by atomic mass is 10.1. The zero-order valence-corrected chi connectivity index (χ0v) is 7.80. The Balaban J connectivity index is 2.76. The molecule has 0 bridgehead atoms. The number of rotatable bonds is 3. The van der Waals surface area contributed by atoms with Crippen LogP contribution in [0.1, 0.15) is 12.8 Å². The van der Waals surface area contributed by atoms with Crippen LogP contribution in [-0.2, 0) is 14.3 Å². The SMILES string of the molecule is COC(=O)/C(Cl)=C\C1(C(=O)O)CC1. The van der Waals surface area contributed by atoms with Gasteiger partial charge in [0.1, 0.15) is 5.03 Å². The molecule has 72 valence electrons. The van der Waals surface area contributed by atoms with Crippen molar-refractivity contribution in [3.8, 4) is 0 Å². The van der Waals surface area contributed by atoms with E-state index in [1.54, 1.807) is 0 Å². The highest BCUT2D eigenvalue weighted by Gasteiger charge is 2.49. The first kappa shape index (κ1) is 10.1. The van der Waals surface area contributed by atoms with Crippen LogP contribution in [0.15, 0.2) is 11.1 Å². The first-order valence-electron chi connectivity index (χ1n) is 3.72. The molecule has 1 saturated carbocycles. The molecule has 1 aliphatic rings. The molecule has 0 aromatic carbocycles. The Morgan fingerprint density at radius 2 is 2.08 bits per heavy atom. The zero-order valence-electron chi connectivity index (χ0n) is 7.04. The second kappa shape index (κ2) is 3.38. The van der Waals surface area contributed by atoms with Crippen molar-refractivity contribution < 1.29 is 19.4 Å². The summed E-state index contributed by atoms with van der Waals surface area (Å²) in [5.74, 6) is -1.65. The molecule has 1 fully saturated rings. The molecule has 4 nitrogen and oxygen atoms in total. The summed E-state index contributed by atoms with van der Waals surface area (Å²) in [6.45, 7) is 0. The molecule has 0 heterocycles. The van der Waals surface area contributed by atoms with Crippen molar-refractivity contribution in [2.24, 2.45) is 5.41 Å². The number of methoxy groups -OCH3 is 1. The number of halogens is 1. The van der Waals surface area contributed by atoms with Crippen molar-refractivity contribution in [1.29, 1.82) is 0 Å². The summed E-state index contributed by atoms with van der Waals surface area (Å²) >= 11 is 5.52. The molecule has 1 aliphatic carbocycles. The van der Waals surface area contributed by atoms with Gasteiger partial charge in [-0.25, -0.2) is 4.79 Å². The van der Waals surface area contributed by atoms with Crippen molar-refractivity contribution in [3.63, 3.8) is 0 Å². The lowest BCUT2D eigenvalue weighted by Crippen LogP contribution is -2.13. The highest BCUT2D eigenvalue weighted by molar-refractivity contribution is 6.41. The van der Waals surface area contributed by atoms with E-state index >= 15 is 0 Å². The number of hydrogen-bond donors (Lipinski definition) is 1. The summed E-state index contributed by atoms with van der Waals surface area (Å²) in [7, 11) is 1.19. The lowest BCUT2D eigenvalue weighted by molar-refractivity contribution is -0.141. The van der Waals surface area contributed by atoms with Crippen molar-refractivity contribution in [2.45, 2.75) is 12.8 Å². The van der Waals surface area contributed by atoms with Gasteiger partial charge in [0, 0.05) is 0 Å². The van der Waals surface area contributed by atoms with Crippen LogP contribution in [0.2, 0.25) is 0 Å². The van der Waals surface area contributed by atoms with Crippen LogP contribution in [0.25, 0.3) is 0 Å². The number of ether oxygens (including phenoxy) is 1. The van der Waals surface area contributed by atoms with Gasteiger partial charge in [0.2, 0.25) is 0 Å². The van der Waals surface area contributed by atoms with Crippen LogP contribution in [0.5, 0.6) is 0 Å². The van der Waals surface area contributed by atoms with Gasteiger partial charge in [-0.05, 0) is 18.9 Å². The third kappa shape index (κ3) is 2.01. The molecule has 0 saturated heterocycles. The van der Waals surface area contributed by atoms with Gasteiger partial charge in [0.25, 0.3) is 0 Å². The summed E-state index contributed by atoms with van der Waals surface area (Å²) in [6, 6.07) is 0. The largest absolute Gasteiger partial charge is 0.481 e. The average molecular weight is 205 g/mol. The number of aliphatic carboxylic acids is 1. The number of carboxylic acid groups (broad SMARTS) is 1. The Morgan fingerprint density at radius 3 is 2.38 bits per heavy atom. The topological polar surface area (TPSA) is 63.6 Å². The van der Waals surface area contributed by atoms with E-state index in [1.807, 2.05) is 0 Å². The van der Waals surface area contributed by atoms with Gasteiger partial charge in [-0.3, -0.25) is 4.79 Å². The number of esters is 1.